The van der Waals surface area contributed by atoms with Gasteiger partial charge in [0.05, 0.1) is 0 Å². The number of hydrogen-bond acceptors (Lipinski definition) is 4. The van der Waals surface area contributed by atoms with Crippen LogP contribution < -0.4 is 10.6 Å². The smallest absolute Gasteiger partial charge is 0.255 e. The molecule has 2 N–H and O–H groups in total. The van der Waals surface area contributed by atoms with Crippen LogP contribution in [-0.4, -0.2) is 23.4 Å². The second kappa shape index (κ2) is 16.8. The molecule has 0 fully saturated rings. The van der Waals surface area contributed by atoms with Crippen LogP contribution in [0, 0.1) is 0 Å². The van der Waals surface area contributed by atoms with Crippen LogP contribution in [0.15, 0.2) is 133 Å². The third kappa shape index (κ3) is 9.46. The summed E-state index contributed by atoms with van der Waals surface area (Å²) in [6.07, 6.45) is 4.12. The SMILES string of the molecule is CCC(CC(=O)c1ccc(C(=O)Nc2ccccc2)cc1)c1cccc(CCCCC(=O)c2ccc(C(=O)Nc3ccccc3)cc2)c1. The molecule has 6 heteroatoms. The molecule has 0 aromatic heterocycles. The van der Waals surface area contributed by atoms with Crippen molar-refractivity contribution < 1.29 is 19.2 Å². The van der Waals surface area contributed by atoms with E-state index in [0.717, 1.165) is 42.6 Å². The Kier molecular flexibility index (Phi) is 11.8. The predicted octanol–water partition coefficient (Wildman–Crippen LogP) is 9.55. The first-order valence-corrected chi connectivity index (χ1v) is 16.5. The van der Waals surface area contributed by atoms with Gasteiger partial charge in [-0.05, 0) is 91.3 Å². The lowest BCUT2D eigenvalue weighted by Crippen LogP contribution is -2.12. The van der Waals surface area contributed by atoms with Crippen molar-refractivity contribution in [3.05, 3.63) is 167 Å². The molecule has 48 heavy (non-hydrogen) atoms. The zero-order valence-electron chi connectivity index (χ0n) is 27.2. The van der Waals surface area contributed by atoms with Crippen molar-refractivity contribution in [3.63, 3.8) is 0 Å². The fraction of sp³-hybridized carbons (Fsp3) is 0.190. The van der Waals surface area contributed by atoms with Crippen molar-refractivity contribution in [2.75, 3.05) is 10.6 Å². The highest BCUT2D eigenvalue weighted by Gasteiger charge is 2.17. The van der Waals surface area contributed by atoms with Gasteiger partial charge in [-0.2, -0.15) is 0 Å². The molecule has 242 valence electrons. The van der Waals surface area contributed by atoms with Crippen LogP contribution in [-0.2, 0) is 6.42 Å². The van der Waals surface area contributed by atoms with E-state index in [4.69, 9.17) is 0 Å². The minimum atomic E-state index is -0.216. The number of benzene rings is 5. The number of unbranched alkanes of at least 4 members (excludes halogenated alkanes) is 1. The molecule has 5 aromatic rings. The largest absolute Gasteiger partial charge is 0.322 e. The number of rotatable bonds is 15. The van der Waals surface area contributed by atoms with Crippen molar-refractivity contribution in [2.45, 2.75) is 51.4 Å². The van der Waals surface area contributed by atoms with Gasteiger partial charge in [0, 0.05) is 46.5 Å². The first kappa shape index (κ1) is 33.7. The van der Waals surface area contributed by atoms with Crippen LogP contribution >= 0.6 is 0 Å². The van der Waals surface area contributed by atoms with Crippen LogP contribution in [0.1, 0.15) is 97.5 Å². The van der Waals surface area contributed by atoms with E-state index in [1.54, 1.807) is 48.5 Å². The van der Waals surface area contributed by atoms with E-state index in [-0.39, 0.29) is 29.3 Å². The third-order valence-electron chi connectivity index (χ3n) is 8.47. The lowest BCUT2D eigenvalue weighted by molar-refractivity contribution is 0.0967. The normalized spacial score (nSPS) is 11.4. The van der Waals surface area contributed by atoms with Crippen LogP contribution in [0.25, 0.3) is 0 Å². The molecular formula is C42H40N2O4. The fourth-order valence-corrected chi connectivity index (χ4v) is 5.67. The van der Waals surface area contributed by atoms with E-state index in [9.17, 15) is 19.2 Å². The molecule has 0 aliphatic rings. The minimum Gasteiger partial charge on any atom is -0.322 e. The molecule has 0 aliphatic heterocycles. The van der Waals surface area contributed by atoms with Gasteiger partial charge in [-0.15, -0.1) is 0 Å². The summed E-state index contributed by atoms with van der Waals surface area (Å²) in [7, 11) is 0. The molecule has 6 nitrogen and oxygen atoms in total. The van der Waals surface area contributed by atoms with Crippen LogP contribution in [0.2, 0.25) is 0 Å². The molecule has 0 bridgehead atoms. The lowest BCUT2D eigenvalue weighted by Gasteiger charge is -2.16. The molecule has 0 radical (unpaired) electrons. The number of carbonyl (C=O) groups excluding carboxylic acids is 4. The second-order valence-electron chi connectivity index (χ2n) is 11.9. The first-order chi connectivity index (χ1) is 23.4. The van der Waals surface area contributed by atoms with Crippen molar-refractivity contribution in [1.29, 1.82) is 0 Å². The van der Waals surface area contributed by atoms with E-state index >= 15 is 0 Å². The maximum Gasteiger partial charge on any atom is 0.255 e. The fourth-order valence-electron chi connectivity index (χ4n) is 5.67. The first-order valence-electron chi connectivity index (χ1n) is 16.5. The Morgan fingerprint density at radius 1 is 0.542 bits per heavy atom. The topological polar surface area (TPSA) is 92.3 Å². The molecule has 1 atom stereocenters. The lowest BCUT2D eigenvalue weighted by atomic mass is 9.88. The predicted molar refractivity (Wildman–Crippen MR) is 192 cm³/mol. The van der Waals surface area contributed by atoms with Crippen molar-refractivity contribution in [2.24, 2.45) is 0 Å². The number of Topliss-reactive ketones (excluding diaryl/α,β-unsaturated/α-hetero) is 2. The van der Waals surface area contributed by atoms with Gasteiger partial charge in [0.2, 0.25) is 0 Å². The van der Waals surface area contributed by atoms with Gasteiger partial charge in [0.1, 0.15) is 0 Å². The van der Waals surface area contributed by atoms with E-state index in [1.165, 1.54) is 5.56 Å². The van der Waals surface area contributed by atoms with Crippen LogP contribution in [0.5, 0.6) is 0 Å². The minimum absolute atomic E-state index is 0.0469. The summed E-state index contributed by atoms with van der Waals surface area (Å²) < 4.78 is 0. The van der Waals surface area contributed by atoms with Gasteiger partial charge >= 0.3 is 0 Å². The average Bonchev–Trinajstić information content (AvgIpc) is 3.13. The van der Waals surface area contributed by atoms with Gasteiger partial charge in [-0.1, -0.05) is 91.9 Å². The number of carbonyl (C=O) groups is 4. The molecule has 5 rings (SSSR count). The summed E-state index contributed by atoms with van der Waals surface area (Å²) in [5.74, 6) is -0.236. The summed E-state index contributed by atoms with van der Waals surface area (Å²) in [4.78, 5) is 51.1. The number of aryl methyl sites for hydroxylation is 1. The maximum absolute atomic E-state index is 13.2. The summed E-state index contributed by atoms with van der Waals surface area (Å²) in [5, 5.41) is 5.72. The van der Waals surface area contributed by atoms with Gasteiger partial charge in [-0.25, -0.2) is 0 Å². The standard InChI is InChI=1S/C42H40N2O4/c1-2-31(29-40(46)33-22-26-35(27-23-33)42(48)44-38-17-7-4-8-18-38)36-14-11-13-30(28-36)12-9-10-19-39(45)32-20-24-34(25-21-32)41(47)43-37-15-5-3-6-16-37/h3-8,11,13-18,20-28,31H,2,9-10,12,19,29H2,1H3,(H,43,47)(H,44,48). The number of amides is 2. The molecule has 5 aromatic carbocycles. The quantitative estimate of drug-likeness (QED) is 0.0884. The van der Waals surface area contributed by atoms with Gasteiger partial charge < -0.3 is 10.6 Å². The molecule has 0 heterocycles. The average molecular weight is 637 g/mol. The van der Waals surface area contributed by atoms with Gasteiger partial charge in [-0.3, -0.25) is 19.2 Å². The summed E-state index contributed by atoms with van der Waals surface area (Å²) in [6, 6.07) is 40.6. The zero-order chi connectivity index (χ0) is 33.7. The van der Waals surface area contributed by atoms with Gasteiger partial charge in [0.25, 0.3) is 11.8 Å². The molecule has 0 saturated carbocycles. The van der Waals surface area contributed by atoms with Crippen molar-refractivity contribution >= 4 is 34.8 Å². The number of ketones is 2. The number of hydrogen-bond donors (Lipinski definition) is 2. The Morgan fingerprint density at radius 3 is 1.56 bits per heavy atom. The van der Waals surface area contributed by atoms with E-state index in [1.807, 2.05) is 66.7 Å². The highest BCUT2D eigenvalue weighted by atomic mass is 16.2. The molecular weight excluding hydrogens is 596 g/mol. The molecule has 2 amide bonds. The number of para-hydroxylation sites is 2. The monoisotopic (exact) mass is 636 g/mol. The highest BCUT2D eigenvalue weighted by molar-refractivity contribution is 6.06. The summed E-state index contributed by atoms with van der Waals surface area (Å²) >= 11 is 0. The van der Waals surface area contributed by atoms with Crippen molar-refractivity contribution in [3.8, 4) is 0 Å². The van der Waals surface area contributed by atoms with Crippen molar-refractivity contribution in [1.82, 2.24) is 0 Å². The van der Waals surface area contributed by atoms with Crippen LogP contribution in [0.3, 0.4) is 0 Å². The zero-order valence-corrected chi connectivity index (χ0v) is 27.2. The second-order valence-corrected chi connectivity index (χ2v) is 11.9. The molecule has 0 saturated heterocycles. The Balaban J connectivity index is 1.08. The molecule has 0 spiro atoms. The Hall–Kier alpha value is -5.62. The maximum atomic E-state index is 13.2. The summed E-state index contributed by atoms with van der Waals surface area (Å²) in [6.45, 7) is 2.09. The number of anilines is 2. The van der Waals surface area contributed by atoms with Gasteiger partial charge in [0.15, 0.2) is 11.6 Å². The summed E-state index contributed by atoms with van der Waals surface area (Å²) in [5.41, 5.74) is 5.97. The Bertz CT molecular complexity index is 1830. The Morgan fingerprint density at radius 2 is 1.04 bits per heavy atom. The van der Waals surface area contributed by atoms with Crippen LogP contribution in [0.4, 0.5) is 11.4 Å². The van der Waals surface area contributed by atoms with E-state index in [2.05, 4.69) is 35.8 Å². The van der Waals surface area contributed by atoms with E-state index in [0.29, 0.717) is 35.1 Å². The molecule has 0 aliphatic carbocycles. The highest BCUT2D eigenvalue weighted by Crippen LogP contribution is 2.27. The number of nitrogens with one attached hydrogen (secondary N) is 2. The third-order valence-corrected chi connectivity index (χ3v) is 8.47. The molecule has 1 unspecified atom stereocenters. The van der Waals surface area contributed by atoms with E-state index < -0.39 is 0 Å². The Labute approximate surface area is 282 Å².